The van der Waals surface area contributed by atoms with Gasteiger partial charge >= 0.3 is 0 Å². The predicted molar refractivity (Wildman–Crippen MR) is 66.3 cm³/mol. The van der Waals surface area contributed by atoms with Crippen LogP contribution in [-0.2, 0) is 4.79 Å². The fourth-order valence-corrected chi connectivity index (χ4v) is 2.32. The minimum atomic E-state index is 0.213. The molecule has 0 aliphatic carbocycles. The summed E-state index contributed by atoms with van der Waals surface area (Å²) in [6.07, 6.45) is 3.97. The molecule has 0 radical (unpaired) electrons. The van der Waals surface area contributed by atoms with Crippen molar-refractivity contribution in [3.63, 3.8) is 0 Å². The van der Waals surface area contributed by atoms with Crippen molar-refractivity contribution < 1.29 is 4.79 Å². The van der Waals surface area contributed by atoms with Crippen LogP contribution in [0.2, 0.25) is 0 Å². The first-order chi connectivity index (χ1) is 7.22. The van der Waals surface area contributed by atoms with Crippen LogP contribution in [0.15, 0.2) is 0 Å². The summed E-state index contributed by atoms with van der Waals surface area (Å²) in [4.78, 5) is 13.7. The molecule has 1 heterocycles. The summed E-state index contributed by atoms with van der Waals surface area (Å²) in [6.45, 7) is 3.16. The van der Waals surface area contributed by atoms with Crippen LogP contribution >= 0.6 is 15.9 Å². The third-order valence-corrected chi connectivity index (χ3v) is 3.43. The van der Waals surface area contributed by atoms with Gasteiger partial charge in [-0.05, 0) is 38.8 Å². The number of halogens is 1. The van der Waals surface area contributed by atoms with Crippen LogP contribution in [0, 0.1) is 5.92 Å². The van der Waals surface area contributed by atoms with Gasteiger partial charge in [-0.1, -0.05) is 15.9 Å². The minimum absolute atomic E-state index is 0.213. The number of alkyl halides is 1. The van der Waals surface area contributed by atoms with Crippen LogP contribution in [0.25, 0.3) is 0 Å². The molecule has 0 aromatic heterocycles. The van der Waals surface area contributed by atoms with Gasteiger partial charge < -0.3 is 10.2 Å². The molecule has 1 N–H and O–H groups in total. The summed E-state index contributed by atoms with van der Waals surface area (Å²) >= 11 is 3.36. The van der Waals surface area contributed by atoms with Gasteiger partial charge in [-0.15, -0.1) is 0 Å². The fraction of sp³-hybridized carbons (Fsp3) is 0.909. The van der Waals surface area contributed by atoms with Crippen molar-refractivity contribution in [1.29, 1.82) is 0 Å². The third kappa shape index (κ3) is 5.52. The number of carbonyl (C=O) groups is 1. The Labute approximate surface area is 101 Å². The Morgan fingerprint density at radius 1 is 1.53 bits per heavy atom. The van der Waals surface area contributed by atoms with E-state index in [1.807, 2.05) is 0 Å². The van der Waals surface area contributed by atoms with E-state index in [9.17, 15) is 4.79 Å². The Morgan fingerprint density at radius 2 is 2.33 bits per heavy atom. The molecule has 0 aromatic rings. The number of carbonyl (C=O) groups excluding carboxylic acids is 1. The van der Waals surface area contributed by atoms with E-state index in [1.54, 1.807) is 0 Å². The standard InChI is InChI=1S/C11H21BrN2O/c1-14-7-5-10(9-14)8-13-11(15)4-2-3-6-12/h10H,2-9H2,1H3,(H,13,15). The van der Waals surface area contributed by atoms with E-state index in [1.165, 1.54) is 13.0 Å². The van der Waals surface area contributed by atoms with E-state index in [0.29, 0.717) is 12.3 Å². The topological polar surface area (TPSA) is 32.3 Å². The van der Waals surface area contributed by atoms with E-state index in [2.05, 4.69) is 33.2 Å². The molecule has 0 saturated carbocycles. The maximum atomic E-state index is 11.4. The van der Waals surface area contributed by atoms with E-state index in [-0.39, 0.29) is 5.91 Å². The monoisotopic (exact) mass is 276 g/mol. The van der Waals surface area contributed by atoms with E-state index < -0.39 is 0 Å². The molecule has 1 saturated heterocycles. The first kappa shape index (κ1) is 13.0. The molecule has 88 valence electrons. The molecule has 1 rings (SSSR count). The zero-order chi connectivity index (χ0) is 11.1. The Balaban J connectivity index is 2.01. The highest BCUT2D eigenvalue weighted by molar-refractivity contribution is 9.09. The summed E-state index contributed by atoms with van der Waals surface area (Å²) in [7, 11) is 2.14. The summed E-state index contributed by atoms with van der Waals surface area (Å²) in [6, 6.07) is 0. The van der Waals surface area contributed by atoms with Gasteiger partial charge in [0.05, 0.1) is 0 Å². The Kier molecular flexibility index (Phi) is 6.25. The predicted octanol–water partition coefficient (Wildman–Crippen LogP) is 1.62. The number of likely N-dealkylation sites (tertiary alicyclic amines) is 1. The molecule has 1 aliphatic rings. The number of hydrogen-bond donors (Lipinski definition) is 1. The van der Waals surface area contributed by atoms with Crippen molar-refractivity contribution in [2.75, 3.05) is 32.0 Å². The van der Waals surface area contributed by atoms with E-state index >= 15 is 0 Å². The Bertz CT molecular complexity index is 199. The normalized spacial score (nSPS) is 21.9. The van der Waals surface area contributed by atoms with Crippen molar-refractivity contribution in [2.45, 2.75) is 25.7 Å². The fourth-order valence-electron chi connectivity index (χ4n) is 1.92. The second kappa shape index (κ2) is 7.23. The number of amides is 1. The lowest BCUT2D eigenvalue weighted by molar-refractivity contribution is -0.121. The van der Waals surface area contributed by atoms with Gasteiger partial charge in [0, 0.05) is 24.8 Å². The largest absolute Gasteiger partial charge is 0.356 e. The molecule has 1 fully saturated rings. The molecule has 0 aromatic carbocycles. The number of nitrogens with zero attached hydrogens (tertiary/aromatic N) is 1. The van der Waals surface area contributed by atoms with Crippen LogP contribution in [-0.4, -0.2) is 42.8 Å². The first-order valence-electron chi connectivity index (χ1n) is 5.73. The average Bonchev–Trinajstić information content (AvgIpc) is 2.62. The Morgan fingerprint density at radius 3 is 2.93 bits per heavy atom. The number of unbranched alkanes of at least 4 members (excludes halogenated alkanes) is 1. The summed E-state index contributed by atoms with van der Waals surface area (Å²) < 4.78 is 0. The van der Waals surface area contributed by atoms with Gasteiger partial charge in [-0.2, -0.15) is 0 Å². The molecule has 1 aliphatic heterocycles. The molecule has 3 nitrogen and oxygen atoms in total. The molecule has 0 bridgehead atoms. The quantitative estimate of drug-likeness (QED) is 0.591. The molecular weight excluding hydrogens is 256 g/mol. The van der Waals surface area contributed by atoms with Crippen LogP contribution < -0.4 is 5.32 Å². The first-order valence-corrected chi connectivity index (χ1v) is 6.85. The number of nitrogens with one attached hydrogen (secondary N) is 1. The van der Waals surface area contributed by atoms with Gasteiger partial charge in [0.15, 0.2) is 0 Å². The highest BCUT2D eigenvalue weighted by atomic mass is 79.9. The van der Waals surface area contributed by atoms with Crippen molar-refractivity contribution in [3.8, 4) is 0 Å². The number of rotatable bonds is 6. The lowest BCUT2D eigenvalue weighted by Crippen LogP contribution is -2.30. The van der Waals surface area contributed by atoms with Crippen molar-refractivity contribution in [2.24, 2.45) is 5.92 Å². The van der Waals surface area contributed by atoms with Gasteiger partial charge in [-0.3, -0.25) is 4.79 Å². The van der Waals surface area contributed by atoms with Crippen LogP contribution in [0.3, 0.4) is 0 Å². The summed E-state index contributed by atoms with van der Waals surface area (Å²) in [5.41, 5.74) is 0. The molecule has 15 heavy (non-hydrogen) atoms. The maximum absolute atomic E-state index is 11.4. The minimum Gasteiger partial charge on any atom is -0.356 e. The van der Waals surface area contributed by atoms with Crippen LogP contribution in [0.1, 0.15) is 25.7 Å². The lowest BCUT2D eigenvalue weighted by atomic mass is 10.1. The van der Waals surface area contributed by atoms with Crippen LogP contribution in [0.4, 0.5) is 0 Å². The third-order valence-electron chi connectivity index (χ3n) is 2.86. The molecule has 0 spiro atoms. The highest BCUT2D eigenvalue weighted by Crippen LogP contribution is 2.12. The maximum Gasteiger partial charge on any atom is 0.220 e. The molecule has 1 unspecified atom stereocenters. The smallest absolute Gasteiger partial charge is 0.220 e. The highest BCUT2D eigenvalue weighted by Gasteiger charge is 2.19. The number of hydrogen-bond acceptors (Lipinski definition) is 2. The second-order valence-corrected chi connectivity index (χ2v) is 5.16. The molecule has 4 heteroatoms. The average molecular weight is 277 g/mol. The van der Waals surface area contributed by atoms with E-state index in [0.717, 1.165) is 31.3 Å². The zero-order valence-corrected chi connectivity index (χ0v) is 11.1. The SMILES string of the molecule is CN1CCC(CNC(=O)CCCCBr)C1. The molecule has 1 amide bonds. The Hall–Kier alpha value is -0.0900. The van der Waals surface area contributed by atoms with Gasteiger partial charge in [0.25, 0.3) is 0 Å². The zero-order valence-electron chi connectivity index (χ0n) is 9.47. The molecule has 1 atom stereocenters. The van der Waals surface area contributed by atoms with Gasteiger partial charge in [0.2, 0.25) is 5.91 Å². The second-order valence-electron chi connectivity index (χ2n) is 4.37. The van der Waals surface area contributed by atoms with Crippen molar-refractivity contribution >= 4 is 21.8 Å². The van der Waals surface area contributed by atoms with Crippen LogP contribution in [0.5, 0.6) is 0 Å². The summed E-state index contributed by atoms with van der Waals surface area (Å²) in [5.74, 6) is 0.876. The lowest BCUT2D eigenvalue weighted by Gasteiger charge is -2.11. The van der Waals surface area contributed by atoms with Gasteiger partial charge in [0.1, 0.15) is 0 Å². The van der Waals surface area contributed by atoms with Gasteiger partial charge in [-0.25, -0.2) is 0 Å². The molecular formula is C11H21BrN2O. The van der Waals surface area contributed by atoms with Crippen molar-refractivity contribution in [1.82, 2.24) is 10.2 Å². The van der Waals surface area contributed by atoms with Crippen molar-refractivity contribution in [3.05, 3.63) is 0 Å². The van der Waals surface area contributed by atoms with E-state index in [4.69, 9.17) is 0 Å². The summed E-state index contributed by atoms with van der Waals surface area (Å²) in [5, 5.41) is 4.02.